The molecule has 0 spiro atoms. The summed E-state index contributed by atoms with van der Waals surface area (Å²) in [6.07, 6.45) is 3.04. The van der Waals surface area contributed by atoms with E-state index >= 15 is 0 Å². The second kappa shape index (κ2) is 10.7. The number of aromatic nitrogens is 1. The van der Waals surface area contributed by atoms with Crippen LogP contribution in [0.3, 0.4) is 0 Å². The molecule has 1 aliphatic rings. The van der Waals surface area contributed by atoms with Crippen LogP contribution in [-0.4, -0.2) is 69.4 Å². The summed E-state index contributed by atoms with van der Waals surface area (Å²) in [6.45, 7) is 5.29. The molecule has 4 unspecified atom stereocenters. The molecule has 2 aromatic rings. The van der Waals surface area contributed by atoms with Crippen LogP contribution >= 0.6 is 0 Å². The van der Waals surface area contributed by atoms with Crippen LogP contribution in [0.2, 0.25) is 0 Å². The minimum atomic E-state index is -1.12. The summed E-state index contributed by atoms with van der Waals surface area (Å²) in [6, 6.07) is 4.06. The molecule has 34 heavy (non-hydrogen) atoms. The molecule has 4 atom stereocenters. The number of aromatic amines is 1. The number of carbonyl (C=O) groups is 4. The molecule has 1 aromatic heterocycles. The van der Waals surface area contributed by atoms with Gasteiger partial charge >= 0.3 is 5.97 Å². The Hall–Kier alpha value is -3.40. The third-order valence-electron chi connectivity index (χ3n) is 6.20. The second-order valence-corrected chi connectivity index (χ2v) is 9.17. The van der Waals surface area contributed by atoms with E-state index in [1.165, 1.54) is 11.8 Å². The molecule has 0 radical (unpaired) electrons. The zero-order valence-electron chi connectivity index (χ0n) is 19.7. The van der Waals surface area contributed by atoms with Gasteiger partial charge in [-0.1, -0.05) is 32.0 Å². The van der Waals surface area contributed by atoms with Gasteiger partial charge in [-0.2, -0.15) is 0 Å². The quantitative estimate of drug-likeness (QED) is 0.363. The highest BCUT2D eigenvalue weighted by atomic mass is 16.4. The predicted octanol–water partition coefficient (Wildman–Crippen LogP) is 0.759. The Labute approximate surface area is 198 Å². The number of carboxylic acid groups (broad SMARTS) is 1. The molecule has 10 heteroatoms. The number of carboxylic acids is 1. The van der Waals surface area contributed by atoms with E-state index < -0.39 is 47.9 Å². The van der Waals surface area contributed by atoms with Crippen molar-refractivity contribution in [1.29, 1.82) is 0 Å². The molecule has 0 aliphatic carbocycles. The third-order valence-corrected chi connectivity index (χ3v) is 6.20. The summed E-state index contributed by atoms with van der Waals surface area (Å²) in [5, 5.41) is 15.7. The molecule has 1 aromatic carbocycles. The second-order valence-electron chi connectivity index (χ2n) is 9.17. The minimum absolute atomic E-state index is 0.218. The fourth-order valence-electron chi connectivity index (χ4n) is 4.29. The molecule has 0 saturated carbocycles. The Bertz CT molecular complexity index is 1060. The maximum atomic E-state index is 13.6. The fourth-order valence-corrected chi connectivity index (χ4v) is 4.29. The van der Waals surface area contributed by atoms with Gasteiger partial charge in [0.25, 0.3) is 0 Å². The lowest BCUT2D eigenvalue weighted by molar-refractivity contribution is -0.145. The number of hydrogen-bond donors (Lipinski definition) is 5. The summed E-state index contributed by atoms with van der Waals surface area (Å²) in [4.78, 5) is 55.1. The zero-order valence-corrected chi connectivity index (χ0v) is 19.7. The van der Waals surface area contributed by atoms with Gasteiger partial charge in [-0.15, -0.1) is 0 Å². The Morgan fingerprint density at radius 1 is 1.18 bits per heavy atom. The van der Waals surface area contributed by atoms with Gasteiger partial charge < -0.3 is 31.4 Å². The Kier molecular flexibility index (Phi) is 7.93. The topological polar surface area (TPSA) is 158 Å². The van der Waals surface area contributed by atoms with E-state index in [4.69, 9.17) is 5.73 Å². The van der Waals surface area contributed by atoms with E-state index in [2.05, 4.69) is 15.6 Å². The van der Waals surface area contributed by atoms with Crippen LogP contribution < -0.4 is 16.4 Å². The lowest BCUT2D eigenvalue weighted by Crippen LogP contribution is -2.57. The van der Waals surface area contributed by atoms with Gasteiger partial charge in [-0.05, 0) is 37.3 Å². The first kappa shape index (κ1) is 25.2. The normalized spacial score (nSPS) is 18.5. The van der Waals surface area contributed by atoms with Crippen molar-refractivity contribution in [2.24, 2.45) is 11.7 Å². The van der Waals surface area contributed by atoms with Gasteiger partial charge in [0.1, 0.15) is 18.1 Å². The number of hydrogen-bond acceptors (Lipinski definition) is 5. The zero-order chi connectivity index (χ0) is 25.0. The molecule has 6 N–H and O–H groups in total. The molecule has 1 aliphatic heterocycles. The van der Waals surface area contributed by atoms with E-state index in [1.807, 2.05) is 24.3 Å². The van der Waals surface area contributed by atoms with E-state index in [0.717, 1.165) is 16.5 Å². The molecular formula is C24H33N5O5. The number of amides is 3. The van der Waals surface area contributed by atoms with Crippen molar-refractivity contribution in [1.82, 2.24) is 20.5 Å². The first-order chi connectivity index (χ1) is 16.1. The van der Waals surface area contributed by atoms with Crippen molar-refractivity contribution >= 4 is 34.6 Å². The Balaban J connectivity index is 1.83. The average molecular weight is 472 g/mol. The summed E-state index contributed by atoms with van der Waals surface area (Å²) < 4.78 is 0. The van der Waals surface area contributed by atoms with E-state index in [1.54, 1.807) is 20.0 Å². The molecule has 0 bridgehead atoms. The van der Waals surface area contributed by atoms with E-state index in [-0.39, 0.29) is 12.3 Å². The van der Waals surface area contributed by atoms with Crippen LogP contribution in [0.25, 0.3) is 10.9 Å². The number of carbonyl (C=O) groups excluding carboxylic acids is 3. The number of likely N-dealkylation sites (tertiary alicyclic amines) is 1. The first-order valence-corrected chi connectivity index (χ1v) is 11.5. The highest BCUT2D eigenvalue weighted by Gasteiger charge is 2.39. The lowest BCUT2D eigenvalue weighted by Gasteiger charge is -2.30. The van der Waals surface area contributed by atoms with Crippen molar-refractivity contribution in [2.75, 3.05) is 6.54 Å². The molecular weight excluding hydrogens is 438 g/mol. The SMILES string of the molecule is CC(N)C(=O)NC(Cc1c[nH]c2ccccc12)C(=O)N1CCCC1C(=O)NC(C(=O)O)C(C)C. The molecule has 10 nitrogen and oxygen atoms in total. The molecule has 2 heterocycles. The van der Waals surface area contributed by atoms with Gasteiger partial charge in [0.2, 0.25) is 17.7 Å². The van der Waals surface area contributed by atoms with Crippen molar-refractivity contribution < 1.29 is 24.3 Å². The highest BCUT2D eigenvalue weighted by Crippen LogP contribution is 2.23. The van der Waals surface area contributed by atoms with Gasteiger partial charge in [-0.3, -0.25) is 14.4 Å². The summed E-state index contributed by atoms with van der Waals surface area (Å²) in [7, 11) is 0. The van der Waals surface area contributed by atoms with Gasteiger partial charge in [0.15, 0.2) is 0 Å². The molecule has 3 amide bonds. The van der Waals surface area contributed by atoms with Crippen molar-refractivity contribution in [2.45, 2.75) is 64.2 Å². The number of H-pyrrole nitrogens is 1. The Morgan fingerprint density at radius 3 is 2.53 bits per heavy atom. The number of nitrogens with zero attached hydrogens (tertiary/aromatic N) is 1. The van der Waals surface area contributed by atoms with Gasteiger partial charge in [0, 0.05) is 30.1 Å². The molecule has 1 saturated heterocycles. The van der Waals surface area contributed by atoms with Gasteiger partial charge in [0.05, 0.1) is 6.04 Å². The van der Waals surface area contributed by atoms with Crippen molar-refractivity contribution in [3.63, 3.8) is 0 Å². The van der Waals surface area contributed by atoms with Crippen LogP contribution in [0.15, 0.2) is 30.5 Å². The van der Waals surface area contributed by atoms with Crippen LogP contribution in [0.1, 0.15) is 39.2 Å². The number of nitrogens with one attached hydrogen (secondary N) is 3. The fraction of sp³-hybridized carbons (Fsp3) is 0.500. The number of aliphatic carboxylic acids is 1. The Morgan fingerprint density at radius 2 is 1.88 bits per heavy atom. The number of fused-ring (bicyclic) bond motifs is 1. The summed E-state index contributed by atoms with van der Waals surface area (Å²) in [5.74, 6) is -2.80. The maximum absolute atomic E-state index is 13.6. The third kappa shape index (κ3) is 5.56. The standard InChI is InChI=1S/C24H33N5O5/c1-13(2)20(24(33)34)28-22(31)19-9-6-10-29(19)23(32)18(27-21(30)14(3)25)11-15-12-26-17-8-5-4-7-16(15)17/h4-5,7-8,12-14,18-20,26H,6,9-11,25H2,1-3H3,(H,27,30)(H,28,31)(H,33,34). The smallest absolute Gasteiger partial charge is 0.326 e. The van der Waals surface area contributed by atoms with Crippen LogP contribution in [-0.2, 0) is 25.6 Å². The number of para-hydroxylation sites is 1. The van der Waals surface area contributed by atoms with E-state index in [9.17, 15) is 24.3 Å². The number of benzene rings is 1. The first-order valence-electron chi connectivity index (χ1n) is 11.5. The highest BCUT2D eigenvalue weighted by molar-refractivity contribution is 5.95. The van der Waals surface area contributed by atoms with Crippen LogP contribution in [0.4, 0.5) is 0 Å². The van der Waals surface area contributed by atoms with Crippen molar-refractivity contribution in [3.8, 4) is 0 Å². The average Bonchev–Trinajstić information content (AvgIpc) is 3.43. The lowest BCUT2D eigenvalue weighted by atomic mass is 10.0. The summed E-state index contributed by atoms with van der Waals surface area (Å²) in [5.41, 5.74) is 7.49. The maximum Gasteiger partial charge on any atom is 0.326 e. The number of nitrogens with two attached hydrogens (primary N) is 1. The van der Waals surface area contributed by atoms with Crippen LogP contribution in [0.5, 0.6) is 0 Å². The van der Waals surface area contributed by atoms with Gasteiger partial charge in [-0.25, -0.2) is 4.79 Å². The van der Waals surface area contributed by atoms with Crippen LogP contribution in [0, 0.1) is 5.92 Å². The molecule has 184 valence electrons. The minimum Gasteiger partial charge on any atom is -0.480 e. The largest absolute Gasteiger partial charge is 0.480 e. The van der Waals surface area contributed by atoms with Crippen molar-refractivity contribution in [3.05, 3.63) is 36.0 Å². The summed E-state index contributed by atoms with van der Waals surface area (Å²) >= 11 is 0. The molecule has 3 rings (SSSR count). The molecule has 1 fully saturated rings. The van der Waals surface area contributed by atoms with E-state index in [0.29, 0.717) is 19.4 Å². The number of rotatable bonds is 9. The monoisotopic (exact) mass is 471 g/mol. The predicted molar refractivity (Wildman–Crippen MR) is 127 cm³/mol.